The predicted molar refractivity (Wildman–Crippen MR) is 95.3 cm³/mol. The Morgan fingerprint density at radius 1 is 1.00 bits per heavy atom. The molecule has 26 heavy (non-hydrogen) atoms. The molecule has 138 valence electrons. The molecule has 1 aromatic heterocycles. The second kappa shape index (κ2) is 7.35. The molecule has 1 aliphatic rings. The normalized spacial score (nSPS) is 14.8. The first kappa shape index (κ1) is 18.2. The Labute approximate surface area is 151 Å². The monoisotopic (exact) mass is 360 g/mol. The molecule has 1 saturated heterocycles. The van der Waals surface area contributed by atoms with E-state index in [9.17, 15) is 13.6 Å². The molecule has 1 amide bonds. The van der Waals surface area contributed by atoms with E-state index in [1.807, 2.05) is 26.8 Å². The summed E-state index contributed by atoms with van der Waals surface area (Å²) in [7, 11) is 0. The molecule has 0 aliphatic carbocycles. The first-order valence-corrected chi connectivity index (χ1v) is 8.69. The van der Waals surface area contributed by atoms with Crippen LogP contribution < -0.4 is 4.90 Å². The lowest BCUT2D eigenvalue weighted by atomic mass is 10.1. The number of nitrogens with zero attached hydrogens (tertiary/aromatic N) is 4. The van der Waals surface area contributed by atoms with Crippen molar-refractivity contribution in [2.75, 3.05) is 31.1 Å². The topological polar surface area (TPSA) is 49.3 Å². The third-order valence-corrected chi connectivity index (χ3v) is 4.37. The molecule has 1 aromatic carbocycles. The molecule has 1 fully saturated rings. The van der Waals surface area contributed by atoms with Gasteiger partial charge in [0.15, 0.2) is 0 Å². The minimum Gasteiger partial charge on any atom is -0.353 e. The van der Waals surface area contributed by atoms with Crippen molar-refractivity contribution in [3.05, 3.63) is 53.0 Å². The van der Waals surface area contributed by atoms with Gasteiger partial charge in [0.1, 0.15) is 23.3 Å². The van der Waals surface area contributed by atoms with E-state index in [1.165, 1.54) is 0 Å². The highest BCUT2D eigenvalue weighted by Gasteiger charge is 2.24. The van der Waals surface area contributed by atoms with Crippen molar-refractivity contribution in [1.82, 2.24) is 14.9 Å². The predicted octanol–water partition coefficient (Wildman–Crippen LogP) is 3.15. The summed E-state index contributed by atoms with van der Waals surface area (Å²) < 4.78 is 26.7. The van der Waals surface area contributed by atoms with Crippen LogP contribution in [0.4, 0.5) is 14.6 Å². The number of halogens is 2. The van der Waals surface area contributed by atoms with Crippen LogP contribution in [-0.4, -0.2) is 47.0 Å². The van der Waals surface area contributed by atoms with Crippen LogP contribution in [0.5, 0.6) is 0 Å². The largest absolute Gasteiger partial charge is 0.353 e. The first-order valence-electron chi connectivity index (χ1n) is 8.69. The van der Waals surface area contributed by atoms with E-state index < -0.39 is 11.6 Å². The highest BCUT2D eigenvalue weighted by Crippen LogP contribution is 2.19. The molecule has 2 heterocycles. The minimum absolute atomic E-state index is 0.0379. The molecule has 2 aromatic rings. The van der Waals surface area contributed by atoms with Gasteiger partial charge in [-0.3, -0.25) is 4.79 Å². The van der Waals surface area contributed by atoms with E-state index in [-0.39, 0.29) is 17.4 Å². The lowest BCUT2D eigenvalue weighted by molar-refractivity contribution is 0.0745. The fourth-order valence-corrected chi connectivity index (χ4v) is 2.99. The van der Waals surface area contributed by atoms with Gasteiger partial charge in [-0.2, -0.15) is 0 Å². The zero-order chi connectivity index (χ0) is 18.8. The number of benzene rings is 1. The summed E-state index contributed by atoms with van der Waals surface area (Å²) in [5.41, 5.74) is 0.948. The van der Waals surface area contributed by atoms with Crippen molar-refractivity contribution in [3.63, 3.8) is 0 Å². The fourth-order valence-electron chi connectivity index (χ4n) is 2.99. The molecule has 0 atom stereocenters. The number of hydrogen-bond donors (Lipinski definition) is 0. The van der Waals surface area contributed by atoms with Crippen LogP contribution in [0.1, 0.15) is 41.6 Å². The smallest absolute Gasteiger partial charge is 0.254 e. The minimum atomic E-state index is -0.746. The van der Waals surface area contributed by atoms with Crippen LogP contribution in [0.3, 0.4) is 0 Å². The quantitative estimate of drug-likeness (QED) is 0.844. The van der Waals surface area contributed by atoms with Crippen molar-refractivity contribution in [2.24, 2.45) is 0 Å². The second-order valence-corrected chi connectivity index (χ2v) is 6.82. The number of carbonyl (C=O) groups excluding carboxylic acids is 1. The van der Waals surface area contributed by atoms with Gasteiger partial charge >= 0.3 is 0 Å². The van der Waals surface area contributed by atoms with E-state index in [1.54, 1.807) is 4.90 Å². The first-order chi connectivity index (χ1) is 12.3. The van der Waals surface area contributed by atoms with Crippen LogP contribution in [0, 0.1) is 18.6 Å². The van der Waals surface area contributed by atoms with E-state index >= 15 is 0 Å². The molecule has 3 rings (SSSR count). The SMILES string of the molecule is Cc1cc(N2CCN(C(=O)c3cc(F)cc(F)c3)CC2)nc(C(C)C)n1. The van der Waals surface area contributed by atoms with Gasteiger partial charge in [0.25, 0.3) is 5.91 Å². The number of carbonyl (C=O) groups is 1. The average Bonchev–Trinajstić information content (AvgIpc) is 2.60. The Morgan fingerprint density at radius 2 is 1.62 bits per heavy atom. The van der Waals surface area contributed by atoms with E-state index in [0.29, 0.717) is 26.2 Å². The molecule has 5 nitrogen and oxygen atoms in total. The summed E-state index contributed by atoms with van der Waals surface area (Å²) in [4.78, 5) is 25.3. The van der Waals surface area contributed by atoms with Crippen LogP contribution in [0.15, 0.2) is 24.3 Å². The van der Waals surface area contributed by atoms with Gasteiger partial charge in [0.2, 0.25) is 0 Å². The zero-order valence-electron chi connectivity index (χ0n) is 15.2. The summed E-state index contributed by atoms with van der Waals surface area (Å²) >= 11 is 0. The van der Waals surface area contributed by atoms with E-state index in [2.05, 4.69) is 14.9 Å². The maximum absolute atomic E-state index is 13.3. The number of hydrogen-bond acceptors (Lipinski definition) is 4. The maximum Gasteiger partial charge on any atom is 0.254 e. The van der Waals surface area contributed by atoms with E-state index in [0.717, 1.165) is 35.5 Å². The molecule has 0 radical (unpaired) electrons. The highest BCUT2D eigenvalue weighted by molar-refractivity contribution is 5.94. The number of rotatable bonds is 3. The number of anilines is 1. The lowest BCUT2D eigenvalue weighted by Crippen LogP contribution is -2.49. The Bertz CT molecular complexity index is 797. The molecule has 7 heteroatoms. The molecule has 0 saturated carbocycles. The van der Waals surface area contributed by atoms with Gasteiger partial charge in [0.05, 0.1) is 0 Å². The standard InChI is InChI=1S/C19H22F2N4O/c1-12(2)18-22-13(3)8-17(23-18)24-4-6-25(7-5-24)19(26)14-9-15(20)11-16(21)10-14/h8-12H,4-7H2,1-3H3. The lowest BCUT2D eigenvalue weighted by Gasteiger charge is -2.35. The molecule has 1 aliphatic heterocycles. The number of amides is 1. The molecular weight excluding hydrogens is 338 g/mol. The Kier molecular flexibility index (Phi) is 5.15. The summed E-state index contributed by atoms with van der Waals surface area (Å²) in [6.07, 6.45) is 0. The number of aryl methyl sites for hydroxylation is 1. The summed E-state index contributed by atoms with van der Waals surface area (Å²) in [5.74, 6) is 0.0392. The molecule has 0 unspecified atom stereocenters. The number of aromatic nitrogens is 2. The molecule has 0 bridgehead atoms. The van der Waals surface area contributed by atoms with Crippen LogP contribution in [0.25, 0.3) is 0 Å². The van der Waals surface area contributed by atoms with Crippen LogP contribution in [-0.2, 0) is 0 Å². The average molecular weight is 360 g/mol. The zero-order valence-corrected chi connectivity index (χ0v) is 15.2. The Balaban J connectivity index is 1.70. The Morgan fingerprint density at radius 3 is 2.19 bits per heavy atom. The third-order valence-electron chi connectivity index (χ3n) is 4.37. The highest BCUT2D eigenvalue weighted by atomic mass is 19.1. The van der Waals surface area contributed by atoms with Gasteiger partial charge in [-0.1, -0.05) is 13.8 Å². The van der Waals surface area contributed by atoms with E-state index in [4.69, 9.17) is 0 Å². The van der Waals surface area contributed by atoms with Gasteiger partial charge in [-0.25, -0.2) is 18.7 Å². The summed E-state index contributed by atoms with van der Waals surface area (Å²) in [6.45, 7) is 8.19. The third kappa shape index (κ3) is 3.98. The van der Waals surface area contributed by atoms with Crippen molar-refractivity contribution >= 4 is 11.7 Å². The summed E-state index contributed by atoms with van der Waals surface area (Å²) in [5, 5.41) is 0. The van der Waals surface area contributed by atoms with Gasteiger partial charge in [0, 0.05) is 55.5 Å². The van der Waals surface area contributed by atoms with Gasteiger partial charge < -0.3 is 9.80 Å². The van der Waals surface area contributed by atoms with Crippen LogP contribution in [0.2, 0.25) is 0 Å². The van der Waals surface area contributed by atoms with Crippen molar-refractivity contribution in [2.45, 2.75) is 26.7 Å². The van der Waals surface area contributed by atoms with Crippen molar-refractivity contribution in [1.29, 1.82) is 0 Å². The number of piperazine rings is 1. The molecule has 0 N–H and O–H groups in total. The summed E-state index contributed by atoms with van der Waals surface area (Å²) in [6, 6.07) is 4.84. The second-order valence-electron chi connectivity index (χ2n) is 6.82. The molecular formula is C19H22F2N4O. The van der Waals surface area contributed by atoms with Crippen LogP contribution >= 0.6 is 0 Å². The molecule has 0 spiro atoms. The van der Waals surface area contributed by atoms with Gasteiger partial charge in [-0.05, 0) is 19.1 Å². The fraction of sp³-hybridized carbons (Fsp3) is 0.421. The van der Waals surface area contributed by atoms with Crippen molar-refractivity contribution < 1.29 is 13.6 Å². The Hall–Kier alpha value is -2.57. The maximum atomic E-state index is 13.3. The van der Waals surface area contributed by atoms with Gasteiger partial charge in [-0.15, -0.1) is 0 Å². The van der Waals surface area contributed by atoms with Crippen molar-refractivity contribution in [3.8, 4) is 0 Å².